The summed E-state index contributed by atoms with van der Waals surface area (Å²) in [7, 11) is -3.63. The van der Waals surface area contributed by atoms with E-state index >= 15 is 0 Å². The van der Waals surface area contributed by atoms with Gasteiger partial charge in [-0.05, 0) is 62.9 Å². The van der Waals surface area contributed by atoms with Gasteiger partial charge in [0.1, 0.15) is 6.61 Å². The molecule has 0 spiro atoms. The van der Waals surface area contributed by atoms with Crippen LogP contribution in [0.3, 0.4) is 0 Å². The maximum absolute atomic E-state index is 13.2. The van der Waals surface area contributed by atoms with E-state index in [1.54, 1.807) is 30.9 Å². The predicted molar refractivity (Wildman–Crippen MR) is 117 cm³/mol. The minimum Gasteiger partial charge on any atom is -0.444 e. The number of carbonyl (C=O) groups is 1. The molecular weight excluding hydrogens is 424 g/mol. The second kappa shape index (κ2) is 7.87. The number of cyclic esters (lactones) is 1. The minimum atomic E-state index is -3.63. The second-order valence-electron chi connectivity index (χ2n) is 8.06. The molecule has 1 amide bonds. The van der Waals surface area contributed by atoms with Crippen molar-refractivity contribution in [3.8, 4) is 0 Å². The zero-order chi connectivity index (χ0) is 21.6. The number of ether oxygens (including phenoxy) is 1. The van der Waals surface area contributed by atoms with Gasteiger partial charge in [-0.1, -0.05) is 29.3 Å². The second-order valence-corrected chi connectivity index (χ2v) is 10.4. The Hall–Kier alpha value is -2.09. The lowest BCUT2D eigenvalue weighted by atomic mass is 10.0. The molecule has 8 heteroatoms. The number of sulfonamides is 1. The van der Waals surface area contributed by atoms with E-state index in [9.17, 15) is 13.2 Å². The van der Waals surface area contributed by atoms with Crippen LogP contribution in [0.15, 0.2) is 35.2 Å². The van der Waals surface area contributed by atoms with E-state index in [0.717, 1.165) is 22.4 Å². The van der Waals surface area contributed by atoms with Crippen LogP contribution in [0, 0.1) is 20.8 Å². The number of benzene rings is 2. The van der Waals surface area contributed by atoms with E-state index in [2.05, 4.69) is 0 Å². The zero-order valence-electron chi connectivity index (χ0n) is 17.3. The molecule has 0 bridgehead atoms. The van der Waals surface area contributed by atoms with Gasteiger partial charge >= 0.3 is 6.09 Å². The van der Waals surface area contributed by atoms with E-state index in [0.29, 0.717) is 41.4 Å². The number of hydrogen-bond acceptors (Lipinski definition) is 4. The maximum atomic E-state index is 13.2. The summed E-state index contributed by atoms with van der Waals surface area (Å²) in [6, 6.07) is 9.20. The molecule has 6 nitrogen and oxygen atoms in total. The number of fused-ring (bicyclic) bond motifs is 1. The maximum Gasteiger partial charge on any atom is 0.414 e. The Kier molecular flexibility index (Phi) is 5.55. The number of hydrogen-bond donors (Lipinski definition) is 0. The van der Waals surface area contributed by atoms with Crippen molar-refractivity contribution >= 4 is 33.4 Å². The number of carbonyl (C=O) groups excluding carboxylic acids is 1. The highest BCUT2D eigenvalue weighted by Gasteiger charge is 2.37. The Morgan fingerprint density at radius 3 is 2.43 bits per heavy atom. The molecule has 0 radical (unpaired) electrons. The monoisotopic (exact) mass is 448 g/mol. The number of rotatable bonds is 3. The van der Waals surface area contributed by atoms with Crippen LogP contribution >= 0.6 is 11.6 Å². The average Bonchev–Trinajstić information content (AvgIpc) is 2.71. The summed E-state index contributed by atoms with van der Waals surface area (Å²) in [6.07, 6.45) is 0.734. The van der Waals surface area contributed by atoms with E-state index in [4.69, 9.17) is 16.3 Å². The molecule has 0 atom stereocenters. The summed E-state index contributed by atoms with van der Waals surface area (Å²) in [6.45, 7) is 6.53. The molecule has 2 aliphatic heterocycles. The molecule has 0 N–H and O–H groups in total. The van der Waals surface area contributed by atoms with Crippen LogP contribution in [0.25, 0.3) is 0 Å². The van der Waals surface area contributed by atoms with Gasteiger partial charge in [-0.2, -0.15) is 4.31 Å². The Balaban J connectivity index is 1.55. The number of nitrogens with zero attached hydrogens (tertiary/aromatic N) is 2. The summed E-state index contributed by atoms with van der Waals surface area (Å²) in [4.78, 5) is 14.5. The van der Waals surface area contributed by atoms with Gasteiger partial charge in [-0.25, -0.2) is 13.2 Å². The van der Waals surface area contributed by atoms with Gasteiger partial charge in [0.05, 0.1) is 10.6 Å². The third-order valence-corrected chi connectivity index (χ3v) is 8.35. The van der Waals surface area contributed by atoms with Crippen LogP contribution in [-0.2, 0) is 21.4 Å². The molecule has 1 fully saturated rings. The molecule has 2 heterocycles. The number of halogens is 1. The molecule has 2 aliphatic rings. The summed E-state index contributed by atoms with van der Waals surface area (Å²) >= 11 is 6.13. The standard InChI is InChI=1S/C22H25ClN2O4S/c1-14-4-5-20-17(10-14)13-29-22(26)25(20)18-6-8-24(9-7-18)30(27,28)21-12-15(2)19(23)11-16(21)3/h4-5,10-12,18H,6-9,13H2,1-3H3. The van der Waals surface area contributed by atoms with Crippen molar-refractivity contribution < 1.29 is 17.9 Å². The van der Waals surface area contributed by atoms with E-state index in [1.165, 1.54) is 4.31 Å². The van der Waals surface area contributed by atoms with E-state index in [-0.39, 0.29) is 18.7 Å². The fraction of sp³-hybridized carbons (Fsp3) is 0.409. The molecule has 30 heavy (non-hydrogen) atoms. The predicted octanol–water partition coefficient (Wildman–Crippen LogP) is 4.58. The van der Waals surface area contributed by atoms with Crippen LogP contribution in [0.5, 0.6) is 0 Å². The van der Waals surface area contributed by atoms with Crippen LogP contribution in [-0.4, -0.2) is 37.9 Å². The van der Waals surface area contributed by atoms with Crippen LogP contribution < -0.4 is 4.90 Å². The highest BCUT2D eigenvalue weighted by molar-refractivity contribution is 7.89. The minimum absolute atomic E-state index is 0.0984. The molecule has 1 saturated heterocycles. The van der Waals surface area contributed by atoms with Crippen molar-refractivity contribution in [2.45, 2.75) is 51.2 Å². The van der Waals surface area contributed by atoms with Crippen molar-refractivity contribution in [3.63, 3.8) is 0 Å². The fourth-order valence-corrected chi connectivity index (χ4v) is 6.21. The molecule has 160 valence electrons. The fourth-order valence-electron chi connectivity index (χ4n) is 4.23. The largest absolute Gasteiger partial charge is 0.444 e. The van der Waals surface area contributed by atoms with Crippen LogP contribution in [0.4, 0.5) is 10.5 Å². The highest BCUT2D eigenvalue weighted by atomic mass is 35.5. The van der Waals surface area contributed by atoms with Crippen molar-refractivity contribution in [3.05, 3.63) is 57.6 Å². The Bertz CT molecular complexity index is 1110. The first-order valence-electron chi connectivity index (χ1n) is 10.0. The van der Waals surface area contributed by atoms with Crippen molar-refractivity contribution in [1.29, 1.82) is 0 Å². The van der Waals surface area contributed by atoms with E-state index in [1.807, 2.05) is 25.1 Å². The van der Waals surface area contributed by atoms with Crippen molar-refractivity contribution in [2.75, 3.05) is 18.0 Å². The quantitative estimate of drug-likeness (QED) is 0.689. The first kappa shape index (κ1) is 21.2. The van der Waals surface area contributed by atoms with Gasteiger partial charge in [0.2, 0.25) is 10.0 Å². The van der Waals surface area contributed by atoms with Gasteiger partial charge in [0.25, 0.3) is 0 Å². The normalized spacial score (nSPS) is 18.3. The topological polar surface area (TPSA) is 66.9 Å². The lowest BCUT2D eigenvalue weighted by molar-refractivity contribution is 0.135. The van der Waals surface area contributed by atoms with Gasteiger partial charge in [-0.3, -0.25) is 4.90 Å². The third kappa shape index (κ3) is 3.70. The first-order chi connectivity index (χ1) is 14.2. The molecule has 0 aliphatic carbocycles. The average molecular weight is 449 g/mol. The Morgan fingerprint density at radius 2 is 1.73 bits per heavy atom. The smallest absolute Gasteiger partial charge is 0.414 e. The molecule has 0 unspecified atom stereocenters. The van der Waals surface area contributed by atoms with Crippen LogP contribution in [0.1, 0.15) is 35.1 Å². The highest BCUT2D eigenvalue weighted by Crippen LogP contribution is 2.34. The molecule has 0 aromatic heterocycles. The number of anilines is 1. The number of piperidine rings is 1. The zero-order valence-corrected chi connectivity index (χ0v) is 18.9. The Labute approximate surface area is 182 Å². The summed E-state index contributed by atoms with van der Waals surface area (Å²) in [5.41, 5.74) is 4.33. The molecule has 2 aromatic carbocycles. The number of amides is 1. The molecule has 0 saturated carbocycles. The lowest BCUT2D eigenvalue weighted by Crippen LogP contribution is -2.50. The van der Waals surface area contributed by atoms with Crippen LogP contribution in [0.2, 0.25) is 5.02 Å². The van der Waals surface area contributed by atoms with E-state index < -0.39 is 10.0 Å². The van der Waals surface area contributed by atoms with Gasteiger partial charge in [0, 0.05) is 29.7 Å². The summed E-state index contributed by atoms with van der Waals surface area (Å²) in [5, 5.41) is 0.558. The third-order valence-electron chi connectivity index (χ3n) is 5.91. The number of aryl methyl sites for hydroxylation is 3. The van der Waals surface area contributed by atoms with Gasteiger partial charge in [0.15, 0.2) is 0 Å². The first-order valence-corrected chi connectivity index (χ1v) is 11.8. The Morgan fingerprint density at radius 1 is 1.03 bits per heavy atom. The molecule has 2 aromatic rings. The van der Waals surface area contributed by atoms with Gasteiger partial charge in [-0.15, -0.1) is 0 Å². The lowest BCUT2D eigenvalue weighted by Gasteiger charge is -2.40. The van der Waals surface area contributed by atoms with Crippen molar-refractivity contribution in [2.24, 2.45) is 0 Å². The molecule has 4 rings (SSSR count). The summed E-state index contributed by atoms with van der Waals surface area (Å²) in [5.74, 6) is 0. The molecular formula is C22H25ClN2O4S. The SMILES string of the molecule is Cc1ccc2c(c1)COC(=O)N2C1CCN(S(=O)(=O)c2cc(C)c(Cl)cc2C)CC1. The van der Waals surface area contributed by atoms with Gasteiger partial charge < -0.3 is 4.74 Å². The summed E-state index contributed by atoms with van der Waals surface area (Å²) < 4.78 is 33.3. The van der Waals surface area contributed by atoms with Crippen molar-refractivity contribution in [1.82, 2.24) is 4.31 Å².